The number of nitrogens with zero attached hydrogens (tertiary/aromatic N) is 2. The number of anilines is 3. The van der Waals surface area contributed by atoms with E-state index >= 15 is 0 Å². The van der Waals surface area contributed by atoms with Crippen molar-refractivity contribution in [3.8, 4) is 5.75 Å². The average molecular weight is 699 g/mol. The number of sulfonamides is 1. The first-order valence-corrected chi connectivity index (χ1v) is 16.2. The Balaban J connectivity index is 1.16. The Morgan fingerprint density at radius 1 is 0.930 bits per heavy atom. The van der Waals surface area contributed by atoms with Crippen LogP contribution in [0.5, 0.6) is 5.75 Å². The third kappa shape index (κ3) is 8.49. The van der Waals surface area contributed by atoms with E-state index in [0.717, 1.165) is 54.4 Å². The Morgan fingerprint density at radius 3 is 2.30 bits per heavy atom. The molecule has 0 amide bonds. The van der Waals surface area contributed by atoms with Gasteiger partial charge in [-0.25, -0.2) is 18.1 Å². The molecule has 0 atom stereocenters. The predicted molar refractivity (Wildman–Crippen MR) is 164 cm³/mol. The number of ether oxygens (including phenoxy) is 1. The second-order valence-corrected chi connectivity index (χ2v) is 13.4. The first-order valence-electron chi connectivity index (χ1n) is 13.5. The van der Waals surface area contributed by atoms with E-state index in [1.807, 2.05) is 36.4 Å². The van der Waals surface area contributed by atoms with E-state index < -0.39 is 27.0 Å². The molecule has 1 aliphatic carbocycles. The highest BCUT2D eigenvalue weighted by Gasteiger charge is 2.34. The van der Waals surface area contributed by atoms with Gasteiger partial charge in [0.2, 0.25) is 16.0 Å². The van der Waals surface area contributed by atoms with Gasteiger partial charge in [0.05, 0.1) is 5.52 Å². The molecule has 228 valence electrons. The van der Waals surface area contributed by atoms with Gasteiger partial charge in [-0.2, -0.15) is 4.98 Å². The summed E-state index contributed by atoms with van der Waals surface area (Å²) < 4.78 is 70.9. The highest BCUT2D eigenvalue weighted by atomic mass is 79.9. The molecule has 4 aromatic rings. The molecule has 3 N–H and O–H groups in total. The third-order valence-corrected chi connectivity index (χ3v) is 9.42. The van der Waals surface area contributed by atoms with Crippen LogP contribution in [0, 0.1) is 11.8 Å². The lowest BCUT2D eigenvalue weighted by Gasteiger charge is -2.28. The molecule has 1 fully saturated rings. The Hall–Kier alpha value is -3.13. The molecule has 0 unspecified atom stereocenters. The minimum atomic E-state index is -5.02. The highest BCUT2D eigenvalue weighted by Crippen LogP contribution is 2.34. The molecule has 8 nitrogen and oxygen atoms in total. The van der Waals surface area contributed by atoms with Crippen molar-refractivity contribution in [1.29, 1.82) is 0 Å². The predicted octanol–water partition coefficient (Wildman–Crippen LogP) is 7.88. The van der Waals surface area contributed by atoms with Crippen LogP contribution in [0.25, 0.3) is 10.9 Å². The molecule has 1 aromatic heterocycles. The fourth-order valence-electron chi connectivity index (χ4n) is 5.01. The molecule has 3 aromatic carbocycles. The fraction of sp³-hybridized carbons (Fsp3) is 0.310. The summed E-state index contributed by atoms with van der Waals surface area (Å²) in [7, 11) is -4.22. The van der Waals surface area contributed by atoms with Crippen molar-refractivity contribution in [2.24, 2.45) is 11.8 Å². The monoisotopic (exact) mass is 697 g/mol. The molecule has 43 heavy (non-hydrogen) atoms. The maximum absolute atomic E-state index is 12.9. The molecule has 1 aliphatic rings. The van der Waals surface area contributed by atoms with E-state index in [0.29, 0.717) is 29.3 Å². The molecular formula is C29H28BrClF3N5O3S. The first kappa shape index (κ1) is 31.3. The van der Waals surface area contributed by atoms with Crippen molar-refractivity contribution in [3.63, 3.8) is 0 Å². The van der Waals surface area contributed by atoms with Gasteiger partial charge >= 0.3 is 6.36 Å². The summed E-state index contributed by atoms with van der Waals surface area (Å²) >= 11 is 9.07. The van der Waals surface area contributed by atoms with Crippen LogP contribution < -0.4 is 20.1 Å². The molecule has 1 heterocycles. The fourth-order valence-corrected chi connectivity index (χ4v) is 6.70. The van der Waals surface area contributed by atoms with Crippen LogP contribution in [0.2, 0.25) is 5.02 Å². The van der Waals surface area contributed by atoms with Gasteiger partial charge < -0.3 is 15.4 Å². The zero-order chi connectivity index (χ0) is 30.6. The molecule has 5 rings (SSSR count). The Labute approximate surface area is 260 Å². The van der Waals surface area contributed by atoms with E-state index in [1.54, 1.807) is 12.1 Å². The zero-order valence-corrected chi connectivity index (χ0v) is 25.8. The molecular weight excluding hydrogens is 671 g/mol. The number of aromatic nitrogens is 2. The van der Waals surface area contributed by atoms with Crippen molar-refractivity contribution >= 4 is 65.9 Å². The number of hydrogen-bond donors (Lipinski definition) is 3. The standard InChI is InChI=1S/C29H28BrClF3N5O3S/c30-20-9-14-26(25(15-20)42-29(32,33)34)43(40,41)36-17-19-7-5-18(6-8-19)16-35-28-38-24-4-2-1-3-23(24)27(39-28)37-22-12-10-21(31)11-13-22/h1-4,9-15,18-19,36H,5-8,16-17H2,(H2,35,37,38,39). The summed E-state index contributed by atoms with van der Waals surface area (Å²) in [6.45, 7) is 0.770. The molecule has 0 aliphatic heterocycles. The maximum atomic E-state index is 12.9. The topological polar surface area (TPSA) is 105 Å². The SMILES string of the molecule is O=S(=O)(NCC1CCC(CNc2nc(Nc3ccc(Cl)cc3)c3ccccc3n2)CC1)c1ccc(Br)cc1OC(F)(F)F. The number of benzene rings is 3. The second-order valence-electron chi connectivity index (χ2n) is 10.3. The summed E-state index contributed by atoms with van der Waals surface area (Å²) in [5.74, 6) is 0.762. The minimum Gasteiger partial charge on any atom is -0.404 e. The van der Waals surface area contributed by atoms with Gasteiger partial charge in [0.15, 0.2) is 5.75 Å². The summed E-state index contributed by atoms with van der Waals surface area (Å²) in [5.41, 5.74) is 1.64. The largest absolute Gasteiger partial charge is 0.573 e. The van der Waals surface area contributed by atoms with E-state index in [9.17, 15) is 21.6 Å². The van der Waals surface area contributed by atoms with E-state index in [4.69, 9.17) is 16.6 Å². The van der Waals surface area contributed by atoms with Crippen molar-refractivity contribution in [2.75, 3.05) is 23.7 Å². The summed E-state index contributed by atoms with van der Waals surface area (Å²) in [4.78, 5) is 8.81. The lowest BCUT2D eigenvalue weighted by molar-refractivity contribution is -0.275. The van der Waals surface area contributed by atoms with Gasteiger partial charge in [-0.3, -0.25) is 0 Å². The number of alkyl halides is 3. The number of halogens is 5. The molecule has 0 saturated heterocycles. The summed E-state index contributed by atoms with van der Waals surface area (Å²) in [5, 5.41) is 8.22. The number of hydrogen-bond acceptors (Lipinski definition) is 7. The Bertz CT molecular complexity index is 1690. The quantitative estimate of drug-likeness (QED) is 0.155. The summed E-state index contributed by atoms with van der Waals surface area (Å²) in [6, 6.07) is 18.5. The van der Waals surface area contributed by atoms with Crippen molar-refractivity contribution in [1.82, 2.24) is 14.7 Å². The average Bonchev–Trinajstić information content (AvgIpc) is 2.96. The molecule has 0 bridgehead atoms. The van der Waals surface area contributed by atoms with Gasteiger partial charge in [0, 0.05) is 33.7 Å². The van der Waals surface area contributed by atoms with Crippen LogP contribution in [0.15, 0.2) is 76.1 Å². The van der Waals surface area contributed by atoms with Gasteiger partial charge in [0.25, 0.3) is 0 Å². The van der Waals surface area contributed by atoms with Crippen molar-refractivity contribution in [3.05, 3.63) is 76.2 Å². The molecule has 1 saturated carbocycles. The van der Waals surface area contributed by atoms with E-state index in [2.05, 4.69) is 41.0 Å². The van der Waals surface area contributed by atoms with Crippen LogP contribution in [-0.4, -0.2) is 37.8 Å². The van der Waals surface area contributed by atoms with Crippen LogP contribution in [0.1, 0.15) is 25.7 Å². The summed E-state index contributed by atoms with van der Waals surface area (Å²) in [6.07, 6.45) is -1.79. The minimum absolute atomic E-state index is 0.0561. The lowest BCUT2D eigenvalue weighted by atomic mass is 9.82. The van der Waals surface area contributed by atoms with Crippen molar-refractivity contribution in [2.45, 2.75) is 36.9 Å². The smallest absolute Gasteiger partial charge is 0.404 e. The maximum Gasteiger partial charge on any atom is 0.573 e. The van der Waals surface area contributed by atoms with Gasteiger partial charge in [0.1, 0.15) is 10.7 Å². The van der Waals surface area contributed by atoms with Gasteiger partial charge in [-0.05, 0) is 92.1 Å². The van der Waals surface area contributed by atoms with Crippen LogP contribution in [0.4, 0.5) is 30.6 Å². The highest BCUT2D eigenvalue weighted by molar-refractivity contribution is 9.10. The molecule has 0 spiro atoms. The second kappa shape index (κ2) is 13.2. The van der Waals surface area contributed by atoms with Crippen molar-refractivity contribution < 1.29 is 26.3 Å². The molecule has 14 heteroatoms. The Morgan fingerprint density at radius 2 is 1.60 bits per heavy atom. The van der Waals surface area contributed by atoms with Gasteiger partial charge in [-0.15, -0.1) is 13.2 Å². The normalized spacial score (nSPS) is 17.5. The molecule has 0 radical (unpaired) electrons. The van der Waals surface area contributed by atoms with Crippen LogP contribution >= 0.6 is 27.5 Å². The zero-order valence-electron chi connectivity index (χ0n) is 22.7. The number of fused-ring (bicyclic) bond motifs is 1. The van der Waals surface area contributed by atoms with E-state index in [1.165, 1.54) is 6.07 Å². The number of rotatable bonds is 10. The van der Waals surface area contributed by atoms with Crippen LogP contribution in [-0.2, 0) is 10.0 Å². The number of nitrogens with one attached hydrogen (secondary N) is 3. The van der Waals surface area contributed by atoms with Crippen LogP contribution in [0.3, 0.4) is 0 Å². The van der Waals surface area contributed by atoms with Gasteiger partial charge in [-0.1, -0.05) is 39.7 Å². The lowest BCUT2D eigenvalue weighted by Crippen LogP contribution is -2.33. The third-order valence-electron chi connectivity index (χ3n) is 7.21. The Kier molecular flexibility index (Phi) is 9.64. The number of para-hydroxylation sites is 1. The van der Waals surface area contributed by atoms with E-state index in [-0.39, 0.29) is 16.9 Å². The first-order chi connectivity index (χ1) is 20.4.